The van der Waals surface area contributed by atoms with Crippen LogP contribution in [0.1, 0.15) is 26.3 Å². The van der Waals surface area contributed by atoms with Gasteiger partial charge in [0.2, 0.25) is 0 Å². The molecule has 3 aromatic rings. The van der Waals surface area contributed by atoms with Crippen molar-refractivity contribution in [2.75, 3.05) is 0 Å². The second kappa shape index (κ2) is 3.33. The summed E-state index contributed by atoms with van der Waals surface area (Å²) in [4.78, 5) is 0. The molecule has 0 aliphatic heterocycles. The van der Waals surface area contributed by atoms with Gasteiger partial charge in [-0.25, -0.2) is 4.52 Å². The third-order valence-corrected chi connectivity index (χ3v) is 3.19. The first-order valence-electron chi connectivity index (χ1n) is 5.93. The predicted octanol–water partition coefficient (Wildman–Crippen LogP) is 3.79. The van der Waals surface area contributed by atoms with Crippen LogP contribution in [0.5, 0.6) is 0 Å². The molecule has 0 bridgehead atoms. The molecule has 0 saturated heterocycles. The lowest BCUT2D eigenvalue weighted by Gasteiger charge is -2.18. The summed E-state index contributed by atoms with van der Waals surface area (Å²) in [6.45, 7) is 6.66. The van der Waals surface area contributed by atoms with E-state index in [0.29, 0.717) is 0 Å². The van der Waals surface area contributed by atoms with Crippen LogP contribution < -0.4 is 0 Å². The van der Waals surface area contributed by atoms with Crippen molar-refractivity contribution < 1.29 is 0 Å². The van der Waals surface area contributed by atoms with E-state index in [9.17, 15) is 0 Å². The van der Waals surface area contributed by atoms with Gasteiger partial charge in [-0.3, -0.25) is 0 Å². The van der Waals surface area contributed by atoms with Gasteiger partial charge in [-0.1, -0.05) is 45.0 Å². The third kappa shape index (κ3) is 1.60. The number of benzene rings is 1. The smallest absolute Gasteiger partial charge is 0.0933 e. The van der Waals surface area contributed by atoms with Crippen LogP contribution in [-0.4, -0.2) is 9.61 Å². The lowest BCUT2D eigenvalue weighted by Crippen LogP contribution is -2.11. The van der Waals surface area contributed by atoms with Crippen molar-refractivity contribution in [1.82, 2.24) is 9.61 Å². The summed E-state index contributed by atoms with van der Waals surface area (Å²) in [5.41, 5.74) is 3.69. The summed E-state index contributed by atoms with van der Waals surface area (Å²) in [5.74, 6) is 0. The van der Waals surface area contributed by atoms with Gasteiger partial charge in [-0.05, 0) is 23.1 Å². The standard InChI is InChI=1S/C15H16N2/c1-15(2,3)11-8-9-14-12-6-4-5-7-13(12)16-17(14)10-11/h4-10H,1-3H3. The van der Waals surface area contributed by atoms with E-state index in [4.69, 9.17) is 0 Å². The zero-order valence-electron chi connectivity index (χ0n) is 10.4. The molecule has 0 saturated carbocycles. The molecular formula is C15H16N2. The van der Waals surface area contributed by atoms with Crippen LogP contribution in [0.2, 0.25) is 0 Å². The minimum Gasteiger partial charge on any atom is -0.239 e. The molecule has 0 spiro atoms. The Labute approximate surface area is 101 Å². The van der Waals surface area contributed by atoms with Crippen molar-refractivity contribution in [1.29, 1.82) is 0 Å². The number of hydrogen-bond acceptors (Lipinski definition) is 1. The predicted molar refractivity (Wildman–Crippen MR) is 71.4 cm³/mol. The zero-order valence-corrected chi connectivity index (χ0v) is 10.4. The highest BCUT2D eigenvalue weighted by molar-refractivity contribution is 5.94. The molecule has 2 nitrogen and oxygen atoms in total. The molecule has 1 aromatic carbocycles. The number of rotatable bonds is 0. The SMILES string of the molecule is CC(C)(C)c1ccc2c3ccccc3nn2c1. The Morgan fingerprint density at radius 3 is 2.53 bits per heavy atom. The van der Waals surface area contributed by atoms with Crippen LogP contribution in [0.25, 0.3) is 16.4 Å². The molecule has 2 heteroatoms. The molecule has 0 atom stereocenters. The molecule has 3 rings (SSSR count). The Kier molecular flexibility index (Phi) is 2.02. The Morgan fingerprint density at radius 2 is 1.76 bits per heavy atom. The first-order valence-corrected chi connectivity index (χ1v) is 5.93. The van der Waals surface area contributed by atoms with E-state index >= 15 is 0 Å². The zero-order chi connectivity index (χ0) is 12.0. The monoisotopic (exact) mass is 224 g/mol. The van der Waals surface area contributed by atoms with Gasteiger partial charge in [-0.15, -0.1) is 0 Å². The van der Waals surface area contributed by atoms with Crippen molar-refractivity contribution in [3.8, 4) is 0 Å². The molecule has 2 heterocycles. The van der Waals surface area contributed by atoms with Crippen molar-refractivity contribution in [3.05, 3.63) is 48.2 Å². The minimum atomic E-state index is 0.159. The van der Waals surface area contributed by atoms with Gasteiger partial charge in [0.25, 0.3) is 0 Å². The van der Waals surface area contributed by atoms with E-state index in [1.54, 1.807) is 0 Å². The second-order valence-electron chi connectivity index (χ2n) is 5.51. The quantitative estimate of drug-likeness (QED) is 0.568. The molecule has 0 aliphatic rings. The third-order valence-electron chi connectivity index (χ3n) is 3.19. The summed E-state index contributed by atoms with van der Waals surface area (Å²) in [5, 5.41) is 5.82. The molecule has 0 radical (unpaired) electrons. The molecule has 0 aliphatic carbocycles. The van der Waals surface area contributed by atoms with Crippen molar-refractivity contribution in [2.45, 2.75) is 26.2 Å². The first-order chi connectivity index (χ1) is 8.05. The van der Waals surface area contributed by atoms with Crippen molar-refractivity contribution in [3.63, 3.8) is 0 Å². The van der Waals surface area contributed by atoms with Gasteiger partial charge in [0.05, 0.1) is 11.0 Å². The van der Waals surface area contributed by atoms with Gasteiger partial charge in [-0.2, -0.15) is 5.10 Å². The number of hydrogen-bond donors (Lipinski definition) is 0. The van der Waals surface area contributed by atoms with Crippen molar-refractivity contribution in [2.24, 2.45) is 0 Å². The summed E-state index contributed by atoms with van der Waals surface area (Å²) in [7, 11) is 0. The van der Waals surface area contributed by atoms with Gasteiger partial charge in [0.1, 0.15) is 0 Å². The van der Waals surface area contributed by atoms with Crippen LogP contribution in [-0.2, 0) is 5.41 Å². The van der Waals surface area contributed by atoms with E-state index in [1.807, 2.05) is 10.6 Å². The molecule has 0 unspecified atom stereocenters. The maximum Gasteiger partial charge on any atom is 0.0933 e. The number of nitrogens with zero attached hydrogens (tertiary/aromatic N) is 2. The number of pyridine rings is 1. The molecule has 0 fully saturated rings. The normalized spacial score (nSPS) is 12.4. The Hall–Kier alpha value is -1.83. The fraction of sp³-hybridized carbons (Fsp3) is 0.267. The fourth-order valence-electron chi connectivity index (χ4n) is 2.12. The maximum absolute atomic E-state index is 4.61. The van der Waals surface area contributed by atoms with Gasteiger partial charge in [0, 0.05) is 11.6 Å². The van der Waals surface area contributed by atoms with E-state index in [2.05, 4.69) is 62.4 Å². The highest BCUT2D eigenvalue weighted by Gasteiger charge is 2.15. The van der Waals surface area contributed by atoms with Crippen LogP contribution in [0.4, 0.5) is 0 Å². The first kappa shape index (κ1) is 10.3. The Bertz CT molecular complexity index is 687. The lowest BCUT2D eigenvalue weighted by molar-refractivity contribution is 0.585. The molecule has 0 amide bonds. The molecule has 0 N–H and O–H groups in total. The molecular weight excluding hydrogens is 208 g/mol. The largest absolute Gasteiger partial charge is 0.239 e. The van der Waals surface area contributed by atoms with Crippen molar-refractivity contribution >= 4 is 16.4 Å². The number of fused-ring (bicyclic) bond motifs is 3. The highest BCUT2D eigenvalue weighted by atomic mass is 15.2. The topological polar surface area (TPSA) is 17.3 Å². The second-order valence-corrected chi connectivity index (χ2v) is 5.51. The average molecular weight is 224 g/mol. The van der Waals surface area contributed by atoms with Gasteiger partial charge in [0.15, 0.2) is 0 Å². The summed E-state index contributed by atoms with van der Waals surface area (Å²) in [6.07, 6.45) is 2.13. The fourth-order valence-corrected chi connectivity index (χ4v) is 2.12. The number of aromatic nitrogens is 2. The van der Waals surface area contributed by atoms with E-state index in [1.165, 1.54) is 16.5 Å². The van der Waals surface area contributed by atoms with Gasteiger partial charge >= 0.3 is 0 Å². The van der Waals surface area contributed by atoms with E-state index < -0.39 is 0 Å². The Balaban J connectivity index is 2.34. The van der Waals surface area contributed by atoms with Crippen LogP contribution in [0.15, 0.2) is 42.6 Å². The van der Waals surface area contributed by atoms with Gasteiger partial charge < -0.3 is 0 Å². The molecule has 2 aromatic heterocycles. The lowest BCUT2D eigenvalue weighted by atomic mass is 9.88. The van der Waals surface area contributed by atoms with Crippen LogP contribution >= 0.6 is 0 Å². The highest BCUT2D eigenvalue weighted by Crippen LogP contribution is 2.25. The molecule has 86 valence electrons. The summed E-state index contributed by atoms with van der Waals surface area (Å²) >= 11 is 0. The van der Waals surface area contributed by atoms with Crippen LogP contribution in [0, 0.1) is 0 Å². The average Bonchev–Trinajstić information content (AvgIpc) is 2.65. The molecule has 17 heavy (non-hydrogen) atoms. The maximum atomic E-state index is 4.61. The summed E-state index contributed by atoms with van der Waals surface area (Å²) in [6, 6.07) is 12.6. The minimum absolute atomic E-state index is 0.159. The summed E-state index contributed by atoms with van der Waals surface area (Å²) < 4.78 is 1.99. The van der Waals surface area contributed by atoms with E-state index in [0.717, 1.165) is 5.52 Å². The Morgan fingerprint density at radius 1 is 1.00 bits per heavy atom. The van der Waals surface area contributed by atoms with E-state index in [-0.39, 0.29) is 5.41 Å². The van der Waals surface area contributed by atoms with Crippen LogP contribution in [0.3, 0.4) is 0 Å².